The lowest BCUT2D eigenvalue weighted by Crippen LogP contribution is -2.23. The van der Waals surface area contributed by atoms with E-state index in [0.29, 0.717) is 17.8 Å². The largest absolute Gasteiger partial charge is 0.348 e. The molecule has 5 aromatic rings. The smallest absolute Gasteiger partial charge is 0.252 e. The Morgan fingerprint density at radius 3 is 2.51 bits per heavy atom. The van der Waals surface area contributed by atoms with E-state index in [1.165, 1.54) is 17.0 Å². The first-order chi connectivity index (χ1) is 17.0. The van der Waals surface area contributed by atoms with Crippen LogP contribution in [0.4, 0.5) is 4.39 Å². The molecule has 35 heavy (non-hydrogen) atoms. The zero-order valence-electron chi connectivity index (χ0n) is 19.3. The molecule has 1 N–H and O–H groups in total. The van der Waals surface area contributed by atoms with Crippen LogP contribution in [-0.2, 0) is 6.54 Å². The van der Waals surface area contributed by atoms with Crippen molar-refractivity contribution in [3.8, 4) is 16.9 Å². The van der Waals surface area contributed by atoms with Crippen molar-refractivity contribution in [3.05, 3.63) is 108 Å². The van der Waals surface area contributed by atoms with E-state index in [2.05, 4.69) is 10.4 Å². The topological polar surface area (TPSA) is 59.8 Å². The van der Waals surface area contributed by atoms with Gasteiger partial charge in [-0.2, -0.15) is 5.10 Å². The maximum Gasteiger partial charge on any atom is 0.252 e. The third-order valence-corrected chi connectivity index (χ3v) is 6.67. The predicted molar refractivity (Wildman–Crippen MR) is 138 cm³/mol. The Morgan fingerprint density at radius 2 is 1.77 bits per heavy atom. The van der Waals surface area contributed by atoms with Crippen molar-refractivity contribution in [2.75, 3.05) is 6.26 Å². The Balaban J connectivity index is 1.49. The molecule has 2 aromatic heterocycles. The third kappa shape index (κ3) is 4.68. The lowest BCUT2D eigenvalue weighted by molar-refractivity contribution is 0.0952. The molecule has 7 heteroatoms. The summed E-state index contributed by atoms with van der Waals surface area (Å²) >= 11 is 1.68. The number of hydrogen-bond donors (Lipinski definition) is 1. The summed E-state index contributed by atoms with van der Waals surface area (Å²) in [6.45, 7) is 2.36. The molecule has 0 radical (unpaired) electrons. The Labute approximate surface area is 207 Å². The molecule has 3 aromatic carbocycles. The first-order valence-electron chi connectivity index (χ1n) is 11.2. The van der Waals surface area contributed by atoms with Crippen LogP contribution in [-0.4, -0.2) is 26.9 Å². The number of thioether (sulfide) groups is 1. The average Bonchev–Trinajstić information content (AvgIpc) is 3.28. The van der Waals surface area contributed by atoms with Crippen LogP contribution in [0.1, 0.15) is 21.6 Å². The third-order valence-electron chi connectivity index (χ3n) is 5.93. The van der Waals surface area contributed by atoms with Crippen molar-refractivity contribution in [2.45, 2.75) is 18.4 Å². The summed E-state index contributed by atoms with van der Waals surface area (Å²) in [5.41, 5.74) is 5.38. The fourth-order valence-corrected chi connectivity index (χ4v) is 4.43. The van der Waals surface area contributed by atoms with E-state index in [-0.39, 0.29) is 11.7 Å². The van der Waals surface area contributed by atoms with E-state index in [4.69, 9.17) is 4.98 Å². The number of hydrogen-bond acceptors (Lipinski definition) is 4. The summed E-state index contributed by atoms with van der Waals surface area (Å²) in [5.74, 6) is -0.465. The quantitative estimate of drug-likeness (QED) is 0.293. The number of benzene rings is 3. The molecule has 0 unspecified atom stereocenters. The summed E-state index contributed by atoms with van der Waals surface area (Å²) in [6, 6.07) is 23.7. The van der Waals surface area contributed by atoms with Gasteiger partial charge in [-0.25, -0.2) is 14.1 Å². The molecule has 0 atom stereocenters. The van der Waals surface area contributed by atoms with Crippen molar-refractivity contribution >= 4 is 28.6 Å². The highest BCUT2D eigenvalue weighted by atomic mass is 32.2. The normalized spacial score (nSPS) is 11.1. The zero-order valence-corrected chi connectivity index (χ0v) is 20.1. The monoisotopic (exact) mass is 482 g/mol. The van der Waals surface area contributed by atoms with E-state index >= 15 is 0 Å². The second-order valence-corrected chi connectivity index (χ2v) is 9.01. The first-order valence-corrected chi connectivity index (χ1v) is 12.4. The van der Waals surface area contributed by atoms with Gasteiger partial charge in [-0.05, 0) is 67.3 Å². The van der Waals surface area contributed by atoms with Crippen LogP contribution in [0, 0.1) is 12.7 Å². The minimum Gasteiger partial charge on any atom is -0.348 e. The van der Waals surface area contributed by atoms with Crippen molar-refractivity contribution in [3.63, 3.8) is 0 Å². The second-order valence-electron chi connectivity index (χ2n) is 8.13. The van der Waals surface area contributed by atoms with Crippen LogP contribution in [0.25, 0.3) is 27.8 Å². The van der Waals surface area contributed by atoms with Crippen molar-refractivity contribution in [1.82, 2.24) is 20.1 Å². The number of halogens is 1. The second kappa shape index (κ2) is 9.72. The lowest BCUT2D eigenvalue weighted by atomic mass is 10.0. The maximum atomic E-state index is 13.4. The molecular formula is C28H23FN4OS. The molecular weight excluding hydrogens is 459 g/mol. The molecule has 174 valence electrons. The van der Waals surface area contributed by atoms with Gasteiger partial charge in [0.25, 0.3) is 5.91 Å². The van der Waals surface area contributed by atoms with Gasteiger partial charge in [0.05, 0.1) is 34.4 Å². The minimum absolute atomic E-state index is 0.164. The standard InChI is InChI=1S/C28H23FN4OS/c1-18-25(17-31-33(18)21-11-9-20(29)10-12-21)27-15-24(23-5-3-4-6-26(23)32-27)28(34)30-16-19-7-13-22(35-2)14-8-19/h3-15,17H,16H2,1-2H3,(H,30,34). The van der Waals surface area contributed by atoms with Gasteiger partial charge in [0.15, 0.2) is 0 Å². The number of amides is 1. The molecule has 5 rings (SSSR count). The molecule has 0 bridgehead atoms. The summed E-state index contributed by atoms with van der Waals surface area (Å²) in [6.07, 6.45) is 3.76. The molecule has 0 saturated heterocycles. The number of fused-ring (bicyclic) bond motifs is 1. The summed E-state index contributed by atoms with van der Waals surface area (Å²) < 4.78 is 15.1. The predicted octanol–water partition coefficient (Wildman–Crippen LogP) is 6.19. The van der Waals surface area contributed by atoms with Crippen LogP contribution >= 0.6 is 11.8 Å². The zero-order chi connectivity index (χ0) is 24.4. The van der Waals surface area contributed by atoms with Crippen LogP contribution in [0.3, 0.4) is 0 Å². The van der Waals surface area contributed by atoms with E-state index < -0.39 is 0 Å². The fourth-order valence-electron chi connectivity index (χ4n) is 4.03. The van der Waals surface area contributed by atoms with E-state index in [0.717, 1.165) is 33.4 Å². The van der Waals surface area contributed by atoms with Gasteiger partial charge >= 0.3 is 0 Å². The van der Waals surface area contributed by atoms with Crippen molar-refractivity contribution in [2.24, 2.45) is 0 Å². The van der Waals surface area contributed by atoms with Gasteiger partial charge in [0, 0.05) is 22.4 Å². The molecule has 5 nitrogen and oxygen atoms in total. The first kappa shape index (κ1) is 22.8. The van der Waals surface area contributed by atoms with E-state index in [9.17, 15) is 9.18 Å². The van der Waals surface area contributed by atoms with Crippen LogP contribution < -0.4 is 5.32 Å². The van der Waals surface area contributed by atoms with Gasteiger partial charge in [-0.3, -0.25) is 4.79 Å². The molecule has 0 aliphatic carbocycles. The minimum atomic E-state index is -0.300. The highest BCUT2D eigenvalue weighted by Crippen LogP contribution is 2.28. The van der Waals surface area contributed by atoms with Gasteiger partial charge in [0.2, 0.25) is 0 Å². The summed E-state index contributed by atoms with van der Waals surface area (Å²) in [7, 11) is 0. The Morgan fingerprint density at radius 1 is 1.03 bits per heavy atom. The summed E-state index contributed by atoms with van der Waals surface area (Å²) in [5, 5.41) is 8.32. The van der Waals surface area contributed by atoms with Crippen LogP contribution in [0.2, 0.25) is 0 Å². The summed E-state index contributed by atoms with van der Waals surface area (Å²) in [4.78, 5) is 19.3. The molecule has 1 amide bonds. The van der Waals surface area contributed by atoms with E-state index in [1.807, 2.05) is 67.8 Å². The SMILES string of the molecule is CSc1ccc(CNC(=O)c2cc(-c3cnn(-c4ccc(F)cc4)c3C)nc3ccccc23)cc1. The number of para-hydroxylation sites is 1. The lowest BCUT2D eigenvalue weighted by Gasteiger charge is -2.11. The molecule has 0 aliphatic heterocycles. The number of carbonyl (C=O) groups excluding carboxylic acids is 1. The van der Waals surface area contributed by atoms with Crippen molar-refractivity contribution < 1.29 is 9.18 Å². The number of carbonyl (C=O) groups is 1. The molecule has 0 aliphatic rings. The Kier molecular flexibility index (Phi) is 6.33. The number of nitrogens with one attached hydrogen (secondary N) is 1. The van der Waals surface area contributed by atoms with Gasteiger partial charge in [-0.15, -0.1) is 11.8 Å². The highest BCUT2D eigenvalue weighted by Gasteiger charge is 2.17. The number of aromatic nitrogens is 3. The molecule has 0 saturated carbocycles. The maximum absolute atomic E-state index is 13.4. The molecule has 0 spiro atoms. The number of nitrogens with zero attached hydrogens (tertiary/aromatic N) is 3. The molecule has 2 heterocycles. The Hall–Kier alpha value is -3.97. The number of rotatable bonds is 6. The molecule has 0 fully saturated rings. The van der Waals surface area contributed by atoms with Gasteiger partial charge < -0.3 is 5.32 Å². The van der Waals surface area contributed by atoms with Crippen LogP contribution in [0.15, 0.2) is 90.0 Å². The van der Waals surface area contributed by atoms with E-state index in [1.54, 1.807) is 34.8 Å². The highest BCUT2D eigenvalue weighted by molar-refractivity contribution is 7.98. The number of pyridine rings is 1. The Bertz CT molecular complexity index is 1510. The fraction of sp³-hybridized carbons (Fsp3) is 0.107. The van der Waals surface area contributed by atoms with Crippen LogP contribution in [0.5, 0.6) is 0 Å². The average molecular weight is 483 g/mol. The van der Waals surface area contributed by atoms with Crippen molar-refractivity contribution in [1.29, 1.82) is 0 Å². The van der Waals surface area contributed by atoms with Gasteiger partial charge in [0.1, 0.15) is 5.82 Å². The van der Waals surface area contributed by atoms with Gasteiger partial charge in [-0.1, -0.05) is 30.3 Å².